The Morgan fingerprint density at radius 2 is 2.18 bits per heavy atom. The first-order valence-electron chi connectivity index (χ1n) is 3.14. The molecule has 0 saturated carbocycles. The number of halogens is 1. The molecule has 0 spiro atoms. The zero-order valence-electron chi connectivity index (χ0n) is 5.54. The third-order valence-electron chi connectivity index (χ3n) is 1.51. The highest BCUT2D eigenvalue weighted by atomic mass is 127. The molecular formula is C8H5IOS. The van der Waals surface area contributed by atoms with Crippen molar-refractivity contribution < 1.29 is 5.11 Å². The highest BCUT2D eigenvalue weighted by Gasteiger charge is 2.01. The van der Waals surface area contributed by atoms with Gasteiger partial charge in [-0.15, -0.1) is 11.3 Å². The molecule has 0 amide bonds. The van der Waals surface area contributed by atoms with Gasteiger partial charge in [-0.2, -0.15) is 0 Å². The highest BCUT2D eigenvalue weighted by Crippen LogP contribution is 2.32. The third-order valence-corrected chi connectivity index (χ3v) is 3.37. The van der Waals surface area contributed by atoms with Crippen molar-refractivity contribution in [2.75, 3.05) is 0 Å². The van der Waals surface area contributed by atoms with E-state index in [4.69, 9.17) is 0 Å². The van der Waals surface area contributed by atoms with E-state index >= 15 is 0 Å². The molecular weight excluding hydrogens is 271 g/mol. The van der Waals surface area contributed by atoms with Crippen LogP contribution in [0.2, 0.25) is 0 Å². The summed E-state index contributed by atoms with van der Waals surface area (Å²) in [5.74, 6) is 0.377. The van der Waals surface area contributed by atoms with Gasteiger partial charge in [0.2, 0.25) is 0 Å². The molecule has 0 atom stereocenters. The summed E-state index contributed by atoms with van der Waals surface area (Å²) in [7, 11) is 0. The molecule has 3 heteroatoms. The fourth-order valence-electron chi connectivity index (χ4n) is 1.01. The Kier molecular flexibility index (Phi) is 1.77. The Hall–Kier alpha value is -0.290. The van der Waals surface area contributed by atoms with E-state index in [0.717, 1.165) is 10.1 Å². The number of fused-ring (bicyclic) bond motifs is 1. The molecule has 0 unspecified atom stereocenters. The van der Waals surface area contributed by atoms with Gasteiger partial charge in [0.05, 0.1) is 2.88 Å². The van der Waals surface area contributed by atoms with Crippen molar-refractivity contribution in [1.29, 1.82) is 0 Å². The van der Waals surface area contributed by atoms with Crippen LogP contribution in [0.1, 0.15) is 0 Å². The molecule has 11 heavy (non-hydrogen) atoms. The van der Waals surface area contributed by atoms with E-state index in [1.54, 1.807) is 17.4 Å². The summed E-state index contributed by atoms with van der Waals surface area (Å²) in [6.45, 7) is 0. The average Bonchev–Trinajstić information content (AvgIpc) is 2.31. The molecule has 1 heterocycles. The number of phenols is 1. The first-order chi connectivity index (χ1) is 5.27. The van der Waals surface area contributed by atoms with Gasteiger partial charge in [0.25, 0.3) is 0 Å². The first-order valence-corrected chi connectivity index (χ1v) is 5.04. The van der Waals surface area contributed by atoms with E-state index in [9.17, 15) is 5.11 Å². The maximum atomic E-state index is 9.39. The van der Waals surface area contributed by atoms with E-state index in [1.165, 1.54) is 2.88 Å². The number of rotatable bonds is 0. The van der Waals surface area contributed by atoms with Crippen LogP contribution in [-0.2, 0) is 0 Å². The maximum absolute atomic E-state index is 9.39. The molecule has 2 aromatic rings. The van der Waals surface area contributed by atoms with Crippen LogP contribution in [0.4, 0.5) is 0 Å². The lowest BCUT2D eigenvalue weighted by Crippen LogP contribution is -1.63. The van der Waals surface area contributed by atoms with E-state index < -0.39 is 0 Å². The van der Waals surface area contributed by atoms with Crippen molar-refractivity contribution in [2.24, 2.45) is 0 Å². The van der Waals surface area contributed by atoms with E-state index in [2.05, 4.69) is 22.6 Å². The van der Waals surface area contributed by atoms with Gasteiger partial charge in [-0.25, -0.2) is 0 Å². The molecule has 1 aromatic carbocycles. The summed E-state index contributed by atoms with van der Waals surface area (Å²) in [5.41, 5.74) is 0. The van der Waals surface area contributed by atoms with Gasteiger partial charge in [0, 0.05) is 10.1 Å². The first kappa shape index (κ1) is 7.36. The second-order valence-corrected chi connectivity index (χ2v) is 5.22. The Balaban J connectivity index is 2.90. The number of hydrogen-bond donors (Lipinski definition) is 1. The van der Waals surface area contributed by atoms with Gasteiger partial charge in [-0.05, 0) is 40.8 Å². The number of benzene rings is 1. The van der Waals surface area contributed by atoms with E-state index in [0.29, 0.717) is 5.75 Å². The summed E-state index contributed by atoms with van der Waals surface area (Å²) >= 11 is 3.95. The van der Waals surface area contributed by atoms with Crippen molar-refractivity contribution in [3.05, 3.63) is 27.1 Å². The SMILES string of the molecule is Oc1cccc2sc(I)cc12. The summed E-state index contributed by atoms with van der Waals surface area (Å²) in [6.07, 6.45) is 0. The van der Waals surface area contributed by atoms with Crippen LogP contribution in [0.15, 0.2) is 24.3 Å². The Labute approximate surface area is 81.8 Å². The van der Waals surface area contributed by atoms with Gasteiger partial charge < -0.3 is 5.11 Å². The van der Waals surface area contributed by atoms with Gasteiger partial charge >= 0.3 is 0 Å². The predicted molar refractivity (Wildman–Crippen MR) is 56.2 cm³/mol. The molecule has 0 aliphatic rings. The largest absolute Gasteiger partial charge is 0.507 e. The van der Waals surface area contributed by atoms with Gasteiger partial charge in [0.15, 0.2) is 0 Å². The Bertz CT molecular complexity index is 394. The summed E-state index contributed by atoms with van der Waals surface area (Å²) in [5, 5.41) is 10.3. The number of hydrogen-bond acceptors (Lipinski definition) is 2. The molecule has 0 fully saturated rings. The summed E-state index contributed by atoms with van der Waals surface area (Å²) in [4.78, 5) is 0. The van der Waals surface area contributed by atoms with Crippen LogP contribution in [0.25, 0.3) is 10.1 Å². The van der Waals surface area contributed by atoms with Crippen LogP contribution in [0.5, 0.6) is 5.75 Å². The zero-order valence-corrected chi connectivity index (χ0v) is 8.52. The summed E-state index contributed by atoms with van der Waals surface area (Å²) < 4.78 is 2.36. The predicted octanol–water partition coefficient (Wildman–Crippen LogP) is 3.21. The lowest BCUT2D eigenvalue weighted by atomic mass is 10.2. The smallest absolute Gasteiger partial charge is 0.124 e. The second-order valence-electron chi connectivity index (χ2n) is 2.24. The third kappa shape index (κ3) is 1.22. The fourth-order valence-corrected chi connectivity index (χ4v) is 2.84. The zero-order chi connectivity index (χ0) is 7.84. The molecule has 1 N–H and O–H groups in total. The standard InChI is InChI=1S/C8H5IOS/c9-8-4-5-6(10)2-1-3-7(5)11-8/h1-4,10H. The van der Waals surface area contributed by atoms with E-state index in [-0.39, 0.29) is 0 Å². The topological polar surface area (TPSA) is 20.2 Å². The summed E-state index contributed by atoms with van der Waals surface area (Å²) in [6, 6.07) is 7.59. The molecule has 1 aromatic heterocycles. The molecule has 1 nitrogen and oxygen atoms in total. The van der Waals surface area contributed by atoms with Crippen molar-refractivity contribution in [2.45, 2.75) is 0 Å². The minimum Gasteiger partial charge on any atom is -0.507 e. The monoisotopic (exact) mass is 276 g/mol. The molecule has 0 aliphatic heterocycles. The molecule has 0 aliphatic carbocycles. The highest BCUT2D eigenvalue weighted by molar-refractivity contribution is 14.1. The van der Waals surface area contributed by atoms with Crippen LogP contribution in [0.3, 0.4) is 0 Å². The van der Waals surface area contributed by atoms with Crippen LogP contribution in [0, 0.1) is 2.88 Å². The Morgan fingerprint density at radius 1 is 1.36 bits per heavy atom. The lowest BCUT2D eigenvalue weighted by Gasteiger charge is -1.90. The molecule has 56 valence electrons. The normalized spacial score (nSPS) is 10.6. The van der Waals surface area contributed by atoms with Gasteiger partial charge in [-0.3, -0.25) is 0 Å². The second kappa shape index (κ2) is 2.64. The van der Waals surface area contributed by atoms with Crippen molar-refractivity contribution in [3.8, 4) is 5.75 Å². The van der Waals surface area contributed by atoms with Gasteiger partial charge in [0.1, 0.15) is 5.75 Å². The minimum absolute atomic E-state index is 0.377. The van der Waals surface area contributed by atoms with E-state index in [1.807, 2.05) is 18.2 Å². The molecule has 2 rings (SSSR count). The molecule has 0 bridgehead atoms. The molecule has 0 radical (unpaired) electrons. The van der Waals surface area contributed by atoms with Crippen LogP contribution < -0.4 is 0 Å². The van der Waals surface area contributed by atoms with Gasteiger partial charge in [-0.1, -0.05) is 6.07 Å². The fraction of sp³-hybridized carbons (Fsp3) is 0. The minimum atomic E-state index is 0.377. The van der Waals surface area contributed by atoms with Crippen molar-refractivity contribution in [1.82, 2.24) is 0 Å². The molecule has 0 saturated heterocycles. The quantitative estimate of drug-likeness (QED) is 0.732. The van der Waals surface area contributed by atoms with Crippen molar-refractivity contribution in [3.63, 3.8) is 0 Å². The Morgan fingerprint density at radius 3 is 2.91 bits per heavy atom. The van der Waals surface area contributed by atoms with Crippen molar-refractivity contribution >= 4 is 44.0 Å². The lowest BCUT2D eigenvalue weighted by molar-refractivity contribution is 0.482. The van der Waals surface area contributed by atoms with Crippen LogP contribution in [-0.4, -0.2) is 5.11 Å². The maximum Gasteiger partial charge on any atom is 0.124 e. The van der Waals surface area contributed by atoms with Crippen LogP contribution >= 0.6 is 33.9 Å². The number of aromatic hydroxyl groups is 1. The average molecular weight is 276 g/mol. The number of thiophene rings is 1. The number of phenolic OH excluding ortho intramolecular Hbond substituents is 1.